The molecule has 1 N–H and O–H groups in total. The second-order valence-electron chi connectivity index (χ2n) is 6.42. The molecule has 0 amide bonds. The van der Waals surface area contributed by atoms with E-state index in [1.54, 1.807) is 38.1 Å². The number of aromatic amines is 1. The molecule has 1 aromatic carbocycles. The number of esters is 2. The number of ketones is 1. The summed E-state index contributed by atoms with van der Waals surface area (Å²) < 4.78 is 21.1. The summed E-state index contributed by atoms with van der Waals surface area (Å²) in [5.74, 6) is -0.719. The molecule has 1 aromatic heterocycles. The smallest absolute Gasteiger partial charge is 0.351 e. The van der Waals surface area contributed by atoms with Gasteiger partial charge in [0.05, 0.1) is 18.4 Å². The molecule has 0 unspecified atom stereocenters. The summed E-state index contributed by atoms with van der Waals surface area (Å²) in [5, 5.41) is 0. The molecule has 0 spiro atoms. The Morgan fingerprint density at radius 2 is 1.86 bits per heavy atom. The van der Waals surface area contributed by atoms with Gasteiger partial charge < -0.3 is 23.9 Å². The van der Waals surface area contributed by atoms with E-state index >= 15 is 0 Å². The Morgan fingerprint density at radius 1 is 1.18 bits per heavy atom. The number of rotatable bonds is 5. The van der Waals surface area contributed by atoms with Crippen LogP contribution in [-0.4, -0.2) is 48.6 Å². The number of carbonyl (C=O) groups is 3. The number of para-hydroxylation sites is 2. The first-order valence-corrected chi connectivity index (χ1v) is 8.74. The second kappa shape index (κ2) is 7.75. The molecule has 0 fully saturated rings. The standard InChI is InChI=1S/C20H21NO7/c1-10-16(20(24)25-4)11(2)21-17(10)18(22)12(3)27-19(23)15-9-26-13-7-5-6-8-14(13)28-15/h5-8,12,15,21H,9H2,1-4H3/t12-,15-/m0/s1. The normalized spacial score (nSPS) is 16.2. The third-order valence-corrected chi connectivity index (χ3v) is 4.51. The first kappa shape index (κ1) is 19.5. The van der Waals surface area contributed by atoms with Gasteiger partial charge in [0, 0.05) is 5.69 Å². The van der Waals surface area contributed by atoms with E-state index in [1.165, 1.54) is 14.0 Å². The molecule has 0 saturated heterocycles. The number of fused-ring (bicyclic) bond motifs is 1. The SMILES string of the molecule is COC(=O)c1c(C)[nH]c(C(=O)[C@H](C)OC(=O)[C@@H]2COc3ccccc3O2)c1C. The van der Waals surface area contributed by atoms with Crippen molar-refractivity contribution in [2.75, 3.05) is 13.7 Å². The minimum absolute atomic E-state index is 0.0100. The summed E-state index contributed by atoms with van der Waals surface area (Å²) >= 11 is 0. The van der Waals surface area contributed by atoms with Gasteiger partial charge in [-0.25, -0.2) is 9.59 Å². The van der Waals surface area contributed by atoms with E-state index in [9.17, 15) is 14.4 Å². The first-order valence-electron chi connectivity index (χ1n) is 8.74. The summed E-state index contributed by atoms with van der Waals surface area (Å²) in [7, 11) is 1.27. The Labute approximate surface area is 161 Å². The molecule has 148 valence electrons. The molecule has 3 rings (SSSR count). The maximum atomic E-state index is 12.7. The molecule has 8 nitrogen and oxygen atoms in total. The van der Waals surface area contributed by atoms with Gasteiger partial charge in [-0.3, -0.25) is 4.79 Å². The number of hydrogen-bond donors (Lipinski definition) is 1. The van der Waals surface area contributed by atoms with E-state index < -0.39 is 29.9 Å². The van der Waals surface area contributed by atoms with E-state index in [0.717, 1.165) is 0 Å². The molecule has 1 aliphatic heterocycles. The average molecular weight is 387 g/mol. The summed E-state index contributed by atoms with van der Waals surface area (Å²) in [6.45, 7) is 4.75. The highest BCUT2D eigenvalue weighted by Gasteiger charge is 2.33. The van der Waals surface area contributed by atoms with Gasteiger partial charge in [-0.1, -0.05) is 12.1 Å². The van der Waals surface area contributed by atoms with Crippen molar-refractivity contribution in [3.8, 4) is 11.5 Å². The van der Waals surface area contributed by atoms with Crippen molar-refractivity contribution < 1.29 is 33.3 Å². The van der Waals surface area contributed by atoms with Crippen LogP contribution in [0.2, 0.25) is 0 Å². The largest absolute Gasteiger partial charge is 0.485 e. The number of aryl methyl sites for hydroxylation is 1. The summed E-state index contributed by atoms with van der Waals surface area (Å²) in [5.41, 5.74) is 1.45. The third-order valence-electron chi connectivity index (χ3n) is 4.51. The van der Waals surface area contributed by atoms with E-state index in [2.05, 4.69) is 4.98 Å². The zero-order valence-corrected chi connectivity index (χ0v) is 16.0. The summed E-state index contributed by atoms with van der Waals surface area (Å²) in [6, 6.07) is 6.98. The molecule has 0 radical (unpaired) electrons. The number of hydrogen-bond acceptors (Lipinski definition) is 7. The van der Waals surface area contributed by atoms with Gasteiger partial charge in [0.15, 0.2) is 17.6 Å². The number of methoxy groups -OCH3 is 1. The monoisotopic (exact) mass is 387 g/mol. The van der Waals surface area contributed by atoms with Crippen molar-refractivity contribution in [1.82, 2.24) is 4.98 Å². The lowest BCUT2D eigenvalue weighted by Gasteiger charge is -2.25. The van der Waals surface area contributed by atoms with Gasteiger partial charge >= 0.3 is 11.9 Å². The highest BCUT2D eigenvalue weighted by Crippen LogP contribution is 2.31. The van der Waals surface area contributed by atoms with Crippen LogP contribution in [0.15, 0.2) is 24.3 Å². The van der Waals surface area contributed by atoms with Crippen LogP contribution >= 0.6 is 0 Å². The van der Waals surface area contributed by atoms with Gasteiger partial charge in [-0.05, 0) is 38.5 Å². The highest BCUT2D eigenvalue weighted by atomic mass is 16.6. The van der Waals surface area contributed by atoms with E-state index in [-0.39, 0.29) is 12.3 Å². The number of nitrogens with one attached hydrogen (secondary N) is 1. The zero-order chi connectivity index (χ0) is 20.4. The number of benzene rings is 1. The molecule has 28 heavy (non-hydrogen) atoms. The molecule has 2 aromatic rings. The van der Waals surface area contributed by atoms with Gasteiger partial charge in [0.1, 0.15) is 6.61 Å². The lowest BCUT2D eigenvalue weighted by Crippen LogP contribution is -2.40. The van der Waals surface area contributed by atoms with E-state index in [0.29, 0.717) is 28.3 Å². The van der Waals surface area contributed by atoms with Crippen LogP contribution in [0.4, 0.5) is 0 Å². The molecule has 2 heterocycles. The first-order chi connectivity index (χ1) is 13.3. The fourth-order valence-corrected chi connectivity index (χ4v) is 3.05. The number of H-pyrrole nitrogens is 1. The van der Waals surface area contributed by atoms with Gasteiger partial charge in [0.25, 0.3) is 0 Å². The van der Waals surface area contributed by atoms with Gasteiger partial charge in [0.2, 0.25) is 11.9 Å². The van der Waals surface area contributed by atoms with Crippen molar-refractivity contribution in [2.45, 2.75) is 33.0 Å². The lowest BCUT2D eigenvalue weighted by atomic mass is 10.1. The van der Waals surface area contributed by atoms with Crippen LogP contribution in [0.5, 0.6) is 11.5 Å². The molecule has 0 bridgehead atoms. The molecule has 1 aliphatic rings. The lowest BCUT2D eigenvalue weighted by molar-refractivity contribution is -0.157. The Hall–Kier alpha value is -3.29. The number of Topliss-reactive ketones (excluding diaryl/α,β-unsaturated/α-hetero) is 1. The number of aromatic nitrogens is 1. The quantitative estimate of drug-likeness (QED) is 0.620. The topological polar surface area (TPSA) is 104 Å². The van der Waals surface area contributed by atoms with Crippen LogP contribution in [0, 0.1) is 13.8 Å². The second-order valence-corrected chi connectivity index (χ2v) is 6.42. The molecular formula is C20H21NO7. The van der Waals surface area contributed by atoms with E-state index in [1.807, 2.05) is 0 Å². The van der Waals surface area contributed by atoms with Gasteiger partial charge in [-0.2, -0.15) is 0 Å². The fraction of sp³-hybridized carbons (Fsp3) is 0.350. The highest BCUT2D eigenvalue weighted by molar-refractivity contribution is 6.04. The minimum atomic E-state index is -1.07. The van der Waals surface area contributed by atoms with Crippen molar-refractivity contribution in [3.63, 3.8) is 0 Å². The minimum Gasteiger partial charge on any atom is -0.485 e. The number of carbonyl (C=O) groups excluding carboxylic acids is 3. The molecule has 0 saturated carbocycles. The predicted molar refractivity (Wildman–Crippen MR) is 97.8 cm³/mol. The van der Waals surface area contributed by atoms with Gasteiger partial charge in [-0.15, -0.1) is 0 Å². The maximum Gasteiger partial charge on any atom is 0.351 e. The Kier molecular flexibility index (Phi) is 5.39. The summed E-state index contributed by atoms with van der Waals surface area (Å²) in [6.07, 6.45) is -2.04. The molecule has 2 atom stereocenters. The van der Waals surface area contributed by atoms with Crippen LogP contribution in [0.25, 0.3) is 0 Å². The van der Waals surface area contributed by atoms with Crippen molar-refractivity contribution >= 4 is 17.7 Å². The average Bonchev–Trinajstić information content (AvgIpc) is 3.00. The van der Waals surface area contributed by atoms with Crippen molar-refractivity contribution in [3.05, 3.63) is 46.8 Å². The maximum absolute atomic E-state index is 12.7. The van der Waals surface area contributed by atoms with Crippen LogP contribution < -0.4 is 9.47 Å². The van der Waals surface area contributed by atoms with Crippen molar-refractivity contribution in [2.24, 2.45) is 0 Å². The fourth-order valence-electron chi connectivity index (χ4n) is 3.05. The Balaban J connectivity index is 1.70. The third kappa shape index (κ3) is 3.58. The van der Waals surface area contributed by atoms with E-state index in [4.69, 9.17) is 18.9 Å². The predicted octanol–water partition coefficient (Wildman–Crippen LogP) is 2.37. The molecule has 8 heteroatoms. The Bertz CT molecular complexity index is 931. The summed E-state index contributed by atoms with van der Waals surface area (Å²) in [4.78, 5) is 39.9. The van der Waals surface area contributed by atoms with Crippen molar-refractivity contribution in [1.29, 1.82) is 0 Å². The number of ether oxygens (including phenoxy) is 4. The molecular weight excluding hydrogens is 366 g/mol. The zero-order valence-electron chi connectivity index (χ0n) is 16.0. The van der Waals surface area contributed by atoms with Crippen LogP contribution in [0.3, 0.4) is 0 Å². The molecule has 0 aliphatic carbocycles. The van der Waals surface area contributed by atoms with Crippen LogP contribution in [0.1, 0.15) is 39.0 Å². The van der Waals surface area contributed by atoms with Crippen LogP contribution in [-0.2, 0) is 14.3 Å². The Morgan fingerprint density at radius 3 is 2.54 bits per heavy atom.